The van der Waals surface area contributed by atoms with Crippen molar-refractivity contribution >= 4 is 5.78 Å². The molecule has 3 rings (SSSR count). The Hall–Kier alpha value is -2.16. The summed E-state index contributed by atoms with van der Waals surface area (Å²) < 4.78 is 5.53. The van der Waals surface area contributed by atoms with Gasteiger partial charge in [-0.15, -0.1) is 0 Å². The molecule has 20 heavy (non-hydrogen) atoms. The summed E-state index contributed by atoms with van der Waals surface area (Å²) in [5.74, 6) is 0.790. The molecule has 102 valence electrons. The average molecular weight is 267 g/mol. The van der Waals surface area contributed by atoms with Crippen molar-refractivity contribution in [1.29, 1.82) is 0 Å². The fourth-order valence-electron chi connectivity index (χ4n) is 2.55. The Morgan fingerprint density at radius 2 is 2.20 bits per heavy atom. The zero-order chi connectivity index (χ0) is 13.9. The van der Waals surface area contributed by atoms with Crippen molar-refractivity contribution in [3.05, 3.63) is 59.4 Å². The molecule has 0 spiro atoms. The molecule has 3 heteroatoms. The number of ketones is 1. The smallest absolute Gasteiger partial charge is 0.172 e. The predicted octanol–water partition coefficient (Wildman–Crippen LogP) is 3.39. The standard InChI is InChI=1S/C17H17NO2/c1-2-7-20-14-8-13(10-18-11-14)17(19)16-9-12-5-3-4-6-15(12)16/h3-6,8,10-11,16H,2,7,9H2,1H3. The summed E-state index contributed by atoms with van der Waals surface area (Å²) >= 11 is 0. The minimum absolute atomic E-state index is 0.0191. The van der Waals surface area contributed by atoms with Gasteiger partial charge in [0.2, 0.25) is 0 Å². The SMILES string of the molecule is CCCOc1cncc(C(=O)C2Cc3ccccc32)c1. The van der Waals surface area contributed by atoms with Gasteiger partial charge in [-0.05, 0) is 30.0 Å². The number of fused-ring (bicyclic) bond motifs is 1. The summed E-state index contributed by atoms with van der Waals surface area (Å²) in [4.78, 5) is 16.6. The van der Waals surface area contributed by atoms with Gasteiger partial charge >= 0.3 is 0 Å². The van der Waals surface area contributed by atoms with Gasteiger partial charge in [-0.2, -0.15) is 0 Å². The van der Waals surface area contributed by atoms with E-state index in [1.165, 1.54) is 5.56 Å². The van der Waals surface area contributed by atoms with E-state index in [0.717, 1.165) is 18.4 Å². The molecule has 1 heterocycles. The van der Waals surface area contributed by atoms with E-state index in [1.807, 2.05) is 25.1 Å². The van der Waals surface area contributed by atoms with E-state index in [2.05, 4.69) is 11.1 Å². The zero-order valence-corrected chi connectivity index (χ0v) is 11.5. The van der Waals surface area contributed by atoms with E-state index in [4.69, 9.17) is 4.74 Å². The van der Waals surface area contributed by atoms with Crippen LogP contribution < -0.4 is 4.74 Å². The van der Waals surface area contributed by atoms with Gasteiger partial charge in [0.15, 0.2) is 5.78 Å². The first kappa shape index (κ1) is 12.9. The molecule has 0 saturated carbocycles. The van der Waals surface area contributed by atoms with Crippen molar-refractivity contribution in [1.82, 2.24) is 4.98 Å². The molecule has 0 saturated heterocycles. The highest BCUT2D eigenvalue weighted by Crippen LogP contribution is 2.37. The summed E-state index contributed by atoms with van der Waals surface area (Å²) in [6, 6.07) is 9.91. The number of nitrogens with zero attached hydrogens (tertiary/aromatic N) is 1. The molecule has 0 bridgehead atoms. The Bertz CT molecular complexity index is 636. The molecule has 1 aliphatic carbocycles. The van der Waals surface area contributed by atoms with Gasteiger partial charge in [-0.25, -0.2) is 0 Å². The van der Waals surface area contributed by atoms with E-state index in [-0.39, 0.29) is 11.7 Å². The summed E-state index contributed by atoms with van der Waals surface area (Å²) in [5.41, 5.74) is 3.06. The molecule has 0 amide bonds. The van der Waals surface area contributed by atoms with E-state index in [9.17, 15) is 4.79 Å². The van der Waals surface area contributed by atoms with Crippen LogP contribution >= 0.6 is 0 Å². The Kier molecular flexibility index (Phi) is 3.50. The van der Waals surface area contributed by atoms with Crippen molar-refractivity contribution in [3.63, 3.8) is 0 Å². The number of carbonyl (C=O) groups is 1. The first-order valence-electron chi connectivity index (χ1n) is 6.99. The Morgan fingerprint density at radius 3 is 3.00 bits per heavy atom. The van der Waals surface area contributed by atoms with Crippen LogP contribution in [0, 0.1) is 0 Å². The van der Waals surface area contributed by atoms with Crippen LogP contribution in [0.4, 0.5) is 0 Å². The number of hydrogen-bond donors (Lipinski definition) is 0. The molecule has 1 aromatic heterocycles. The molecule has 1 atom stereocenters. The van der Waals surface area contributed by atoms with Crippen molar-refractivity contribution in [2.75, 3.05) is 6.61 Å². The van der Waals surface area contributed by atoms with Crippen molar-refractivity contribution in [2.45, 2.75) is 25.7 Å². The van der Waals surface area contributed by atoms with E-state index >= 15 is 0 Å². The molecular formula is C17H17NO2. The summed E-state index contributed by atoms with van der Waals surface area (Å²) in [5, 5.41) is 0. The van der Waals surface area contributed by atoms with Crippen LogP contribution in [0.1, 0.15) is 40.7 Å². The summed E-state index contributed by atoms with van der Waals surface area (Å²) in [7, 11) is 0. The van der Waals surface area contributed by atoms with Crippen LogP contribution in [-0.2, 0) is 6.42 Å². The number of Topliss-reactive ketones (excluding diaryl/α,β-unsaturated/α-hetero) is 1. The lowest BCUT2D eigenvalue weighted by molar-refractivity contribution is 0.0948. The van der Waals surface area contributed by atoms with E-state index in [1.54, 1.807) is 18.5 Å². The Balaban J connectivity index is 1.79. The van der Waals surface area contributed by atoms with Crippen molar-refractivity contribution in [2.24, 2.45) is 0 Å². The number of benzene rings is 1. The van der Waals surface area contributed by atoms with Gasteiger partial charge in [0.25, 0.3) is 0 Å². The van der Waals surface area contributed by atoms with E-state index in [0.29, 0.717) is 17.9 Å². The van der Waals surface area contributed by atoms with Crippen molar-refractivity contribution in [3.8, 4) is 5.75 Å². The van der Waals surface area contributed by atoms with Gasteiger partial charge in [-0.3, -0.25) is 9.78 Å². The molecule has 0 radical (unpaired) electrons. The Labute approximate surface area is 118 Å². The molecule has 1 aliphatic rings. The Morgan fingerprint density at radius 1 is 1.35 bits per heavy atom. The lowest BCUT2D eigenvalue weighted by atomic mass is 9.74. The van der Waals surface area contributed by atoms with E-state index < -0.39 is 0 Å². The molecule has 2 aromatic rings. The van der Waals surface area contributed by atoms with Crippen LogP contribution in [0.2, 0.25) is 0 Å². The molecular weight excluding hydrogens is 250 g/mol. The van der Waals surface area contributed by atoms with Crippen LogP contribution in [0.5, 0.6) is 5.75 Å². The molecule has 3 nitrogen and oxygen atoms in total. The fourth-order valence-corrected chi connectivity index (χ4v) is 2.55. The number of hydrogen-bond acceptors (Lipinski definition) is 3. The second-order valence-electron chi connectivity index (χ2n) is 5.08. The zero-order valence-electron chi connectivity index (χ0n) is 11.5. The van der Waals surface area contributed by atoms with Crippen LogP contribution in [0.15, 0.2) is 42.7 Å². The maximum atomic E-state index is 12.5. The molecule has 0 fully saturated rings. The minimum Gasteiger partial charge on any atom is -0.492 e. The van der Waals surface area contributed by atoms with Gasteiger partial charge in [0.1, 0.15) is 5.75 Å². The number of rotatable bonds is 5. The summed E-state index contributed by atoms with van der Waals surface area (Å²) in [6.07, 6.45) is 5.05. The first-order chi connectivity index (χ1) is 9.79. The van der Waals surface area contributed by atoms with Crippen LogP contribution in [0.25, 0.3) is 0 Å². The largest absolute Gasteiger partial charge is 0.492 e. The highest BCUT2D eigenvalue weighted by atomic mass is 16.5. The quantitative estimate of drug-likeness (QED) is 0.779. The summed E-state index contributed by atoms with van der Waals surface area (Å²) in [6.45, 7) is 2.69. The number of carbonyl (C=O) groups excluding carboxylic acids is 1. The third-order valence-corrected chi connectivity index (χ3v) is 3.64. The maximum absolute atomic E-state index is 12.5. The number of pyridine rings is 1. The lowest BCUT2D eigenvalue weighted by Crippen LogP contribution is -2.25. The van der Waals surface area contributed by atoms with Gasteiger partial charge in [0, 0.05) is 11.8 Å². The highest BCUT2D eigenvalue weighted by Gasteiger charge is 2.32. The van der Waals surface area contributed by atoms with Crippen LogP contribution in [0.3, 0.4) is 0 Å². The molecule has 1 aromatic carbocycles. The molecule has 0 aliphatic heterocycles. The average Bonchev–Trinajstić information content (AvgIpc) is 2.46. The maximum Gasteiger partial charge on any atom is 0.172 e. The van der Waals surface area contributed by atoms with Crippen LogP contribution in [-0.4, -0.2) is 17.4 Å². The predicted molar refractivity (Wildman–Crippen MR) is 77.2 cm³/mol. The third-order valence-electron chi connectivity index (χ3n) is 3.64. The second kappa shape index (κ2) is 5.45. The fraction of sp³-hybridized carbons (Fsp3) is 0.294. The number of ether oxygens (including phenoxy) is 1. The van der Waals surface area contributed by atoms with Crippen molar-refractivity contribution < 1.29 is 9.53 Å². The lowest BCUT2D eigenvalue weighted by Gasteiger charge is -2.28. The molecule has 0 N–H and O–H groups in total. The van der Waals surface area contributed by atoms with Gasteiger partial charge in [-0.1, -0.05) is 31.2 Å². The monoisotopic (exact) mass is 267 g/mol. The number of aromatic nitrogens is 1. The van der Waals surface area contributed by atoms with Gasteiger partial charge < -0.3 is 4.74 Å². The molecule has 1 unspecified atom stereocenters. The second-order valence-corrected chi connectivity index (χ2v) is 5.08. The minimum atomic E-state index is -0.0191. The topological polar surface area (TPSA) is 39.2 Å². The first-order valence-corrected chi connectivity index (χ1v) is 6.99. The highest BCUT2D eigenvalue weighted by molar-refractivity contribution is 6.02. The third kappa shape index (κ3) is 2.31. The van der Waals surface area contributed by atoms with Gasteiger partial charge in [0.05, 0.1) is 18.7 Å². The normalized spacial score (nSPS) is 16.1.